The Bertz CT molecular complexity index is 249. The van der Waals surface area contributed by atoms with Gasteiger partial charge >= 0.3 is 5.97 Å². The van der Waals surface area contributed by atoms with E-state index in [-0.39, 0.29) is 11.7 Å². The van der Waals surface area contributed by atoms with E-state index < -0.39 is 18.0 Å². The van der Waals surface area contributed by atoms with Crippen LogP contribution in [-0.4, -0.2) is 28.1 Å². The Labute approximate surface area is 89.3 Å². The van der Waals surface area contributed by atoms with Gasteiger partial charge < -0.3 is 10.2 Å². The van der Waals surface area contributed by atoms with Crippen LogP contribution in [0.2, 0.25) is 0 Å². The number of hydrogen-bond donors (Lipinski definition) is 2. The number of aliphatic hydroxyl groups is 1. The molecule has 0 bridgehead atoms. The van der Waals surface area contributed by atoms with Gasteiger partial charge in [-0.05, 0) is 25.7 Å². The molecule has 0 spiro atoms. The quantitative estimate of drug-likeness (QED) is 0.737. The lowest BCUT2D eigenvalue weighted by molar-refractivity contribution is -0.149. The molecule has 0 saturated heterocycles. The second-order valence-electron chi connectivity index (χ2n) is 4.24. The molecule has 1 aliphatic rings. The molecule has 15 heavy (non-hydrogen) atoms. The van der Waals surface area contributed by atoms with Crippen LogP contribution in [0.5, 0.6) is 0 Å². The molecular formula is C11H18O4. The van der Waals surface area contributed by atoms with Crippen molar-refractivity contribution in [2.45, 2.75) is 45.1 Å². The summed E-state index contributed by atoms with van der Waals surface area (Å²) in [6, 6.07) is 0. The van der Waals surface area contributed by atoms with Crippen molar-refractivity contribution in [1.29, 1.82) is 0 Å². The minimum atomic E-state index is -0.989. The summed E-state index contributed by atoms with van der Waals surface area (Å²) in [7, 11) is 0. The Morgan fingerprint density at radius 2 is 2.00 bits per heavy atom. The molecule has 0 aromatic heterocycles. The molecule has 2 N–H and O–H groups in total. The molecule has 1 fully saturated rings. The molecule has 0 radical (unpaired) electrons. The molecule has 0 amide bonds. The smallest absolute Gasteiger partial charge is 0.309 e. The Hall–Kier alpha value is -0.900. The summed E-state index contributed by atoms with van der Waals surface area (Å²) in [6.45, 7) is 1.93. The van der Waals surface area contributed by atoms with Crippen molar-refractivity contribution < 1.29 is 19.8 Å². The summed E-state index contributed by atoms with van der Waals surface area (Å²) in [5.41, 5.74) is 0. The van der Waals surface area contributed by atoms with E-state index in [1.807, 2.05) is 6.92 Å². The number of Topliss-reactive ketones (excluding diaryl/α,β-unsaturated/α-hetero) is 1. The van der Waals surface area contributed by atoms with Crippen LogP contribution in [0.1, 0.15) is 39.0 Å². The fraction of sp³-hybridized carbons (Fsp3) is 0.818. The molecule has 0 aromatic carbocycles. The average Bonchev–Trinajstić information content (AvgIpc) is 2.18. The van der Waals surface area contributed by atoms with Gasteiger partial charge in [0, 0.05) is 12.3 Å². The third kappa shape index (κ3) is 3.02. The van der Waals surface area contributed by atoms with Crippen LogP contribution in [-0.2, 0) is 9.59 Å². The van der Waals surface area contributed by atoms with Crippen molar-refractivity contribution in [1.82, 2.24) is 0 Å². The van der Waals surface area contributed by atoms with Crippen LogP contribution in [0.15, 0.2) is 0 Å². The fourth-order valence-electron chi connectivity index (χ4n) is 2.16. The number of carbonyl (C=O) groups excluding carboxylic acids is 1. The summed E-state index contributed by atoms with van der Waals surface area (Å²) >= 11 is 0. The van der Waals surface area contributed by atoms with Crippen LogP contribution < -0.4 is 0 Å². The zero-order valence-electron chi connectivity index (χ0n) is 8.98. The van der Waals surface area contributed by atoms with Crippen molar-refractivity contribution in [3.05, 3.63) is 0 Å². The van der Waals surface area contributed by atoms with E-state index in [0.29, 0.717) is 25.7 Å². The topological polar surface area (TPSA) is 74.6 Å². The average molecular weight is 214 g/mol. The number of rotatable bonds is 4. The largest absolute Gasteiger partial charge is 0.481 e. The van der Waals surface area contributed by atoms with E-state index in [1.54, 1.807) is 0 Å². The molecule has 3 unspecified atom stereocenters. The molecule has 0 aromatic rings. The van der Waals surface area contributed by atoms with Crippen LogP contribution in [0, 0.1) is 11.8 Å². The highest BCUT2D eigenvalue weighted by atomic mass is 16.4. The molecule has 4 heteroatoms. The highest BCUT2D eigenvalue weighted by Crippen LogP contribution is 2.31. The SMILES string of the molecule is CCCC(=O)C1CCC(O)C(C(=O)O)C1. The van der Waals surface area contributed by atoms with Crippen LogP contribution in [0.25, 0.3) is 0 Å². The first-order valence-electron chi connectivity index (χ1n) is 5.49. The van der Waals surface area contributed by atoms with Crippen molar-refractivity contribution in [2.75, 3.05) is 0 Å². The number of carboxylic acid groups (broad SMARTS) is 1. The zero-order chi connectivity index (χ0) is 11.4. The minimum absolute atomic E-state index is 0.149. The number of carboxylic acids is 1. The molecule has 0 aliphatic heterocycles. The van der Waals surface area contributed by atoms with Crippen molar-refractivity contribution in [3.8, 4) is 0 Å². The first kappa shape index (κ1) is 12.2. The standard InChI is InChI=1S/C11H18O4/c1-2-3-9(12)7-4-5-10(13)8(6-7)11(14)15/h7-8,10,13H,2-6H2,1H3,(H,14,15). The Balaban J connectivity index is 2.57. The normalized spacial score (nSPS) is 31.2. The van der Waals surface area contributed by atoms with Gasteiger partial charge in [-0.15, -0.1) is 0 Å². The van der Waals surface area contributed by atoms with Gasteiger partial charge in [0.15, 0.2) is 0 Å². The molecule has 86 valence electrons. The molecule has 4 nitrogen and oxygen atoms in total. The first-order valence-corrected chi connectivity index (χ1v) is 5.49. The fourth-order valence-corrected chi connectivity index (χ4v) is 2.16. The highest BCUT2D eigenvalue weighted by molar-refractivity contribution is 5.82. The van der Waals surface area contributed by atoms with E-state index in [0.717, 1.165) is 6.42 Å². The van der Waals surface area contributed by atoms with Gasteiger partial charge in [-0.2, -0.15) is 0 Å². The molecule has 1 saturated carbocycles. The lowest BCUT2D eigenvalue weighted by Crippen LogP contribution is -2.37. The highest BCUT2D eigenvalue weighted by Gasteiger charge is 2.36. The molecule has 0 heterocycles. The number of aliphatic hydroxyl groups excluding tert-OH is 1. The lowest BCUT2D eigenvalue weighted by atomic mass is 9.77. The molecule has 3 atom stereocenters. The van der Waals surface area contributed by atoms with E-state index in [4.69, 9.17) is 5.11 Å². The zero-order valence-corrected chi connectivity index (χ0v) is 8.98. The summed E-state index contributed by atoms with van der Waals surface area (Å²) in [5, 5.41) is 18.3. The van der Waals surface area contributed by atoms with E-state index in [1.165, 1.54) is 0 Å². The predicted molar refractivity (Wildman–Crippen MR) is 54.4 cm³/mol. The monoisotopic (exact) mass is 214 g/mol. The van der Waals surface area contributed by atoms with Gasteiger partial charge in [0.05, 0.1) is 12.0 Å². The maximum absolute atomic E-state index is 11.6. The second kappa shape index (κ2) is 5.26. The second-order valence-corrected chi connectivity index (χ2v) is 4.24. The molecule has 1 rings (SSSR count). The van der Waals surface area contributed by atoms with Crippen LogP contribution in [0.3, 0.4) is 0 Å². The van der Waals surface area contributed by atoms with Gasteiger partial charge in [0.25, 0.3) is 0 Å². The third-order valence-electron chi connectivity index (χ3n) is 3.08. The molecular weight excluding hydrogens is 196 g/mol. The van der Waals surface area contributed by atoms with Crippen molar-refractivity contribution in [2.24, 2.45) is 11.8 Å². The van der Waals surface area contributed by atoms with Gasteiger partial charge in [-0.1, -0.05) is 6.92 Å². The van der Waals surface area contributed by atoms with Crippen LogP contribution >= 0.6 is 0 Å². The number of aliphatic carboxylic acids is 1. The Kier molecular flexibility index (Phi) is 4.27. The Morgan fingerprint density at radius 1 is 1.33 bits per heavy atom. The van der Waals surface area contributed by atoms with E-state index >= 15 is 0 Å². The van der Waals surface area contributed by atoms with Gasteiger partial charge in [-0.25, -0.2) is 0 Å². The van der Waals surface area contributed by atoms with Crippen molar-refractivity contribution >= 4 is 11.8 Å². The number of carbonyl (C=O) groups is 2. The third-order valence-corrected chi connectivity index (χ3v) is 3.08. The van der Waals surface area contributed by atoms with Crippen LogP contribution in [0.4, 0.5) is 0 Å². The van der Waals surface area contributed by atoms with Crippen molar-refractivity contribution in [3.63, 3.8) is 0 Å². The summed E-state index contributed by atoms with van der Waals surface area (Å²) in [4.78, 5) is 22.4. The lowest BCUT2D eigenvalue weighted by Gasteiger charge is -2.29. The first-order chi connectivity index (χ1) is 7.06. The minimum Gasteiger partial charge on any atom is -0.481 e. The van der Waals surface area contributed by atoms with Gasteiger partial charge in [-0.3, -0.25) is 9.59 Å². The maximum Gasteiger partial charge on any atom is 0.309 e. The van der Waals surface area contributed by atoms with E-state index in [2.05, 4.69) is 0 Å². The summed E-state index contributed by atoms with van der Waals surface area (Å²) in [6.07, 6.45) is 1.90. The Morgan fingerprint density at radius 3 is 2.53 bits per heavy atom. The summed E-state index contributed by atoms with van der Waals surface area (Å²) in [5.74, 6) is -1.76. The number of hydrogen-bond acceptors (Lipinski definition) is 3. The van der Waals surface area contributed by atoms with Gasteiger partial charge in [0.1, 0.15) is 5.78 Å². The predicted octanol–water partition coefficient (Wildman–Crippen LogP) is 1.22. The molecule has 1 aliphatic carbocycles. The summed E-state index contributed by atoms with van der Waals surface area (Å²) < 4.78 is 0. The maximum atomic E-state index is 11.6. The van der Waals surface area contributed by atoms with Gasteiger partial charge in [0.2, 0.25) is 0 Å². The van der Waals surface area contributed by atoms with E-state index in [9.17, 15) is 14.7 Å². The number of ketones is 1.